The number of nitrogens with zero attached hydrogens (tertiary/aromatic N) is 1. The average molecular weight is 358 g/mol. The van der Waals surface area contributed by atoms with E-state index in [1.807, 2.05) is 6.07 Å². The molecule has 0 N–H and O–H groups in total. The van der Waals surface area contributed by atoms with Crippen molar-refractivity contribution < 1.29 is 19.2 Å². The van der Waals surface area contributed by atoms with Gasteiger partial charge in [-0.15, -0.1) is 11.3 Å². The monoisotopic (exact) mass is 357 g/mol. The van der Waals surface area contributed by atoms with Gasteiger partial charge in [-0.25, -0.2) is 4.79 Å². The van der Waals surface area contributed by atoms with Crippen LogP contribution in [-0.4, -0.2) is 22.8 Å². The maximum Gasteiger partial charge on any atom is 0.373 e. The molecule has 7 heteroatoms. The first-order valence-electron chi connectivity index (χ1n) is 6.94. The number of imide groups is 1. The van der Waals surface area contributed by atoms with E-state index in [1.165, 1.54) is 23.5 Å². The highest BCUT2D eigenvalue weighted by molar-refractivity contribution is 7.20. The van der Waals surface area contributed by atoms with Crippen LogP contribution in [0.2, 0.25) is 5.02 Å². The molecule has 0 fully saturated rings. The molecule has 0 atom stereocenters. The summed E-state index contributed by atoms with van der Waals surface area (Å²) < 4.78 is 0.816. The van der Waals surface area contributed by atoms with Crippen LogP contribution in [0.1, 0.15) is 30.4 Å². The minimum absolute atomic E-state index is 0.217. The topological polar surface area (TPSA) is 63.7 Å². The van der Waals surface area contributed by atoms with E-state index in [0.29, 0.717) is 10.1 Å². The first-order valence-corrected chi connectivity index (χ1v) is 8.14. The molecule has 0 spiro atoms. The standard InChI is InChI=1S/C17H8ClNO4S/c18-12-6-3-7-13-11(12)8-14(24-13)17(22)23-19-15(20)9-4-1-2-5-10(9)16(19)21/h1-8H. The molecule has 0 saturated carbocycles. The molecule has 0 saturated heterocycles. The number of hydrogen-bond acceptors (Lipinski definition) is 5. The molecule has 2 aromatic carbocycles. The minimum atomic E-state index is -0.776. The van der Waals surface area contributed by atoms with E-state index in [-0.39, 0.29) is 16.0 Å². The zero-order valence-electron chi connectivity index (χ0n) is 12.0. The van der Waals surface area contributed by atoms with E-state index < -0.39 is 17.8 Å². The second kappa shape index (κ2) is 5.43. The zero-order valence-corrected chi connectivity index (χ0v) is 13.6. The number of halogens is 1. The van der Waals surface area contributed by atoms with Gasteiger partial charge in [-0.1, -0.05) is 34.9 Å². The molecule has 1 aliphatic rings. The summed E-state index contributed by atoms with van der Waals surface area (Å²) in [5.74, 6) is -2.08. The van der Waals surface area contributed by atoms with E-state index in [9.17, 15) is 14.4 Å². The predicted molar refractivity (Wildman–Crippen MR) is 89.2 cm³/mol. The third-order valence-electron chi connectivity index (χ3n) is 3.64. The maximum absolute atomic E-state index is 12.3. The Balaban J connectivity index is 1.64. The Labute approximate surface area is 145 Å². The Morgan fingerprint density at radius 2 is 1.67 bits per heavy atom. The lowest BCUT2D eigenvalue weighted by atomic mass is 10.1. The van der Waals surface area contributed by atoms with Gasteiger partial charge in [-0.3, -0.25) is 9.59 Å². The van der Waals surface area contributed by atoms with Crippen LogP contribution in [0, 0.1) is 0 Å². The summed E-state index contributed by atoms with van der Waals surface area (Å²) in [6.45, 7) is 0. The van der Waals surface area contributed by atoms with Gasteiger partial charge in [0.1, 0.15) is 4.88 Å². The molecule has 1 aliphatic heterocycles. The van der Waals surface area contributed by atoms with Gasteiger partial charge in [0, 0.05) is 15.1 Å². The van der Waals surface area contributed by atoms with Gasteiger partial charge < -0.3 is 4.84 Å². The van der Waals surface area contributed by atoms with E-state index in [0.717, 1.165) is 10.1 Å². The molecule has 2 heterocycles. The molecular formula is C17H8ClNO4S. The van der Waals surface area contributed by atoms with Gasteiger partial charge in [0.15, 0.2) is 0 Å². The lowest BCUT2D eigenvalue weighted by Crippen LogP contribution is -2.32. The fourth-order valence-corrected chi connectivity index (χ4v) is 3.75. The first-order chi connectivity index (χ1) is 11.6. The first kappa shape index (κ1) is 14.9. The summed E-state index contributed by atoms with van der Waals surface area (Å²) in [5.41, 5.74) is 0.435. The fraction of sp³-hybridized carbons (Fsp3) is 0. The maximum atomic E-state index is 12.3. The molecule has 118 valence electrons. The number of carbonyl (C=O) groups excluding carboxylic acids is 3. The minimum Gasteiger partial charge on any atom is -0.323 e. The van der Waals surface area contributed by atoms with Crippen LogP contribution in [0.25, 0.3) is 10.1 Å². The normalized spacial score (nSPS) is 13.5. The molecule has 3 aromatic rings. The van der Waals surface area contributed by atoms with E-state index in [1.54, 1.807) is 30.3 Å². The number of benzene rings is 2. The van der Waals surface area contributed by atoms with Crippen molar-refractivity contribution in [3.05, 3.63) is 69.6 Å². The third kappa shape index (κ3) is 2.19. The molecule has 24 heavy (non-hydrogen) atoms. The fourth-order valence-electron chi connectivity index (χ4n) is 2.50. The summed E-state index contributed by atoms with van der Waals surface area (Å²) in [6, 6.07) is 13.2. The van der Waals surface area contributed by atoms with Crippen molar-refractivity contribution >= 4 is 50.8 Å². The molecule has 0 unspecified atom stereocenters. The molecule has 0 bridgehead atoms. The summed E-state index contributed by atoms with van der Waals surface area (Å²) in [5, 5.41) is 1.74. The molecule has 4 rings (SSSR count). The predicted octanol–water partition coefficient (Wildman–Crippen LogP) is 3.92. The number of hydrogen-bond donors (Lipinski definition) is 0. The highest BCUT2D eigenvalue weighted by atomic mass is 35.5. The van der Waals surface area contributed by atoms with Crippen LogP contribution in [-0.2, 0) is 4.84 Å². The lowest BCUT2D eigenvalue weighted by Gasteiger charge is -2.11. The number of thiophene rings is 1. The van der Waals surface area contributed by atoms with Crippen molar-refractivity contribution in [1.29, 1.82) is 0 Å². The number of fused-ring (bicyclic) bond motifs is 2. The van der Waals surface area contributed by atoms with Gasteiger partial charge in [-0.05, 0) is 30.3 Å². The highest BCUT2D eigenvalue weighted by Crippen LogP contribution is 2.32. The van der Waals surface area contributed by atoms with Crippen LogP contribution < -0.4 is 0 Å². The van der Waals surface area contributed by atoms with Crippen molar-refractivity contribution in [2.24, 2.45) is 0 Å². The van der Waals surface area contributed by atoms with Gasteiger partial charge in [-0.2, -0.15) is 0 Å². The highest BCUT2D eigenvalue weighted by Gasteiger charge is 2.39. The van der Waals surface area contributed by atoms with Crippen molar-refractivity contribution in [2.45, 2.75) is 0 Å². The second-order valence-corrected chi connectivity index (χ2v) is 6.58. The van der Waals surface area contributed by atoms with Crippen LogP contribution in [0.5, 0.6) is 0 Å². The third-order valence-corrected chi connectivity index (χ3v) is 5.05. The van der Waals surface area contributed by atoms with E-state index in [2.05, 4.69) is 0 Å². The molecule has 0 radical (unpaired) electrons. The molecule has 2 amide bonds. The molecule has 0 aliphatic carbocycles. The van der Waals surface area contributed by atoms with E-state index >= 15 is 0 Å². The smallest absolute Gasteiger partial charge is 0.323 e. The molecule has 5 nitrogen and oxygen atoms in total. The SMILES string of the molecule is O=C(ON1C(=O)c2ccccc2C1=O)c1cc2c(Cl)cccc2s1. The lowest BCUT2D eigenvalue weighted by molar-refractivity contribution is -0.0581. The van der Waals surface area contributed by atoms with Crippen LogP contribution in [0.15, 0.2) is 48.5 Å². The number of hydroxylamine groups is 2. The zero-order chi connectivity index (χ0) is 16.8. The Morgan fingerprint density at radius 1 is 1.00 bits per heavy atom. The van der Waals surface area contributed by atoms with E-state index in [4.69, 9.17) is 16.4 Å². The Bertz CT molecular complexity index is 991. The van der Waals surface area contributed by atoms with Crippen molar-refractivity contribution in [1.82, 2.24) is 5.06 Å². The van der Waals surface area contributed by atoms with Gasteiger partial charge in [0.2, 0.25) is 0 Å². The van der Waals surface area contributed by atoms with Gasteiger partial charge in [0.25, 0.3) is 11.8 Å². The Kier molecular flexibility index (Phi) is 3.37. The summed E-state index contributed by atoms with van der Waals surface area (Å²) in [7, 11) is 0. The van der Waals surface area contributed by atoms with Gasteiger partial charge >= 0.3 is 5.97 Å². The quantitative estimate of drug-likeness (QED) is 0.652. The Hall–Kier alpha value is -2.70. The van der Waals surface area contributed by atoms with Crippen molar-refractivity contribution in [3.8, 4) is 0 Å². The van der Waals surface area contributed by atoms with Crippen molar-refractivity contribution in [3.63, 3.8) is 0 Å². The van der Waals surface area contributed by atoms with Crippen LogP contribution in [0.4, 0.5) is 0 Å². The molecule has 1 aromatic heterocycles. The average Bonchev–Trinajstić information content (AvgIpc) is 3.12. The summed E-state index contributed by atoms with van der Waals surface area (Å²) >= 11 is 7.27. The van der Waals surface area contributed by atoms with Crippen molar-refractivity contribution in [2.75, 3.05) is 0 Å². The summed E-state index contributed by atoms with van der Waals surface area (Å²) in [4.78, 5) is 42.0. The number of rotatable bonds is 2. The second-order valence-electron chi connectivity index (χ2n) is 5.09. The largest absolute Gasteiger partial charge is 0.373 e. The number of carbonyl (C=O) groups is 3. The molecular weight excluding hydrogens is 350 g/mol. The Morgan fingerprint density at radius 3 is 2.29 bits per heavy atom. The van der Waals surface area contributed by atoms with Crippen LogP contribution in [0.3, 0.4) is 0 Å². The summed E-state index contributed by atoms with van der Waals surface area (Å²) in [6.07, 6.45) is 0. The van der Waals surface area contributed by atoms with Gasteiger partial charge in [0.05, 0.1) is 11.1 Å². The number of amides is 2. The van der Waals surface area contributed by atoms with Crippen LogP contribution >= 0.6 is 22.9 Å².